The van der Waals surface area contributed by atoms with Crippen LogP contribution in [0.4, 0.5) is 10.1 Å². The van der Waals surface area contributed by atoms with Crippen molar-refractivity contribution in [1.82, 2.24) is 0 Å². The standard InChI is InChI=1S/C16H14FNO6S/c17-13-5-7-14(8-6-13)25(22,23)10-9-16(19)24-11-12-3-1-2-4-15(12)18(20)21/h1-8H,9-11H2. The largest absolute Gasteiger partial charge is 0.461 e. The van der Waals surface area contributed by atoms with Crippen LogP contribution in [0.5, 0.6) is 0 Å². The van der Waals surface area contributed by atoms with Gasteiger partial charge in [-0.3, -0.25) is 14.9 Å². The van der Waals surface area contributed by atoms with Crippen LogP contribution in [0.15, 0.2) is 53.4 Å². The van der Waals surface area contributed by atoms with Gasteiger partial charge in [0.1, 0.15) is 12.4 Å². The van der Waals surface area contributed by atoms with Crippen molar-refractivity contribution < 1.29 is 27.3 Å². The number of nitrogens with zero attached hydrogens (tertiary/aromatic N) is 1. The summed E-state index contributed by atoms with van der Waals surface area (Å²) in [6.45, 7) is -0.327. The molecule has 0 spiro atoms. The number of nitro benzene ring substituents is 1. The summed E-state index contributed by atoms with van der Waals surface area (Å²) in [7, 11) is -3.75. The van der Waals surface area contributed by atoms with Crippen molar-refractivity contribution in [3.05, 3.63) is 70.0 Å². The van der Waals surface area contributed by atoms with Crippen LogP contribution in [0, 0.1) is 15.9 Å². The van der Waals surface area contributed by atoms with Crippen LogP contribution in [0.3, 0.4) is 0 Å². The number of hydrogen-bond donors (Lipinski definition) is 0. The molecule has 0 fully saturated rings. The molecule has 7 nitrogen and oxygen atoms in total. The smallest absolute Gasteiger partial charge is 0.307 e. The van der Waals surface area contributed by atoms with E-state index in [1.165, 1.54) is 18.2 Å². The third-order valence-corrected chi connectivity index (χ3v) is 5.06. The van der Waals surface area contributed by atoms with E-state index in [2.05, 4.69) is 0 Å². The summed E-state index contributed by atoms with van der Waals surface area (Å²) < 4.78 is 41.8. The topological polar surface area (TPSA) is 104 Å². The van der Waals surface area contributed by atoms with Gasteiger partial charge in [-0.15, -0.1) is 0 Å². The Hall–Kier alpha value is -2.81. The fourth-order valence-corrected chi connectivity index (χ4v) is 3.24. The van der Waals surface area contributed by atoms with Gasteiger partial charge in [-0.05, 0) is 30.3 Å². The average molecular weight is 367 g/mol. The minimum absolute atomic E-state index is 0.0969. The lowest BCUT2D eigenvalue weighted by Crippen LogP contribution is -2.14. The fourth-order valence-electron chi connectivity index (χ4n) is 2.02. The zero-order valence-corrected chi connectivity index (χ0v) is 13.7. The Morgan fingerprint density at radius 1 is 1.12 bits per heavy atom. The Kier molecular flexibility index (Phi) is 5.81. The Labute approximate surface area is 143 Å². The number of ether oxygens (including phenoxy) is 1. The SMILES string of the molecule is O=C(CCS(=O)(=O)c1ccc(F)cc1)OCc1ccccc1[N+](=O)[O-]. The van der Waals surface area contributed by atoms with E-state index in [1.54, 1.807) is 6.07 Å². The summed E-state index contributed by atoms with van der Waals surface area (Å²) in [6.07, 6.45) is -0.416. The number of carbonyl (C=O) groups excluding carboxylic acids is 1. The summed E-state index contributed by atoms with van der Waals surface area (Å²) >= 11 is 0. The minimum Gasteiger partial charge on any atom is -0.461 e. The molecule has 0 amide bonds. The zero-order valence-electron chi connectivity index (χ0n) is 12.9. The van der Waals surface area contributed by atoms with Crippen molar-refractivity contribution in [2.75, 3.05) is 5.75 Å². The molecule has 2 aromatic rings. The maximum Gasteiger partial charge on any atom is 0.307 e. The van der Waals surface area contributed by atoms with Crippen LogP contribution < -0.4 is 0 Å². The summed E-state index contributed by atoms with van der Waals surface area (Å²) in [4.78, 5) is 21.9. The first-order chi connectivity index (χ1) is 11.8. The second-order valence-electron chi connectivity index (χ2n) is 5.07. The summed E-state index contributed by atoms with van der Waals surface area (Å²) in [5.74, 6) is -1.87. The number of para-hydroxylation sites is 1. The van der Waals surface area contributed by atoms with Crippen LogP contribution in [0.25, 0.3) is 0 Å². The summed E-state index contributed by atoms with van der Waals surface area (Å²) in [5, 5.41) is 10.9. The Bertz CT molecular complexity index is 880. The van der Waals surface area contributed by atoms with Gasteiger partial charge in [0.15, 0.2) is 9.84 Å². The second-order valence-corrected chi connectivity index (χ2v) is 7.18. The molecule has 132 valence electrons. The molecule has 0 saturated heterocycles. The van der Waals surface area contributed by atoms with Crippen molar-refractivity contribution >= 4 is 21.5 Å². The molecule has 0 radical (unpaired) electrons. The van der Waals surface area contributed by atoms with E-state index in [4.69, 9.17) is 4.74 Å². The molecule has 2 rings (SSSR count). The van der Waals surface area contributed by atoms with Crippen molar-refractivity contribution in [2.45, 2.75) is 17.9 Å². The number of nitro groups is 1. The molecule has 0 atom stereocenters. The molecule has 0 N–H and O–H groups in total. The first-order valence-corrected chi connectivity index (χ1v) is 8.81. The molecule has 25 heavy (non-hydrogen) atoms. The molecule has 9 heteroatoms. The number of carbonyl (C=O) groups is 1. The Morgan fingerprint density at radius 3 is 2.40 bits per heavy atom. The van der Waals surface area contributed by atoms with E-state index >= 15 is 0 Å². The molecule has 0 bridgehead atoms. The normalized spacial score (nSPS) is 11.1. The first kappa shape index (κ1) is 18.5. The van der Waals surface area contributed by atoms with Gasteiger partial charge < -0.3 is 4.74 Å². The molecular weight excluding hydrogens is 353 g/mol. The number of halogens is 1. The fraction of sp³-hybridized carbons (Fsp3) is 0.188. The summed E-state index contributed by atoms with van der Waals surface area (Å²) in [5.41, 5.74) is 0.0245. The molecule has 0 aliphatic carbocycles. The highest BCUT2D eigenvalue weighted by molar-refractivity contribution is 7.91. The second kappa shape index (κ2) is 7.84. The minimum atomic E-state index is -3.75. The summed E-state index contributed by atoms with van der Waals surface area (Å²) in [6, 6.07) is 10.0. The van der Waals surface area contributed by atoms with Gasteiger partial charge >= 0.3 is 5.97 Å². The van der Waals surface area contributed by atoms with Crippen molar-refractivity contribution in [3.63, 3.8) is 0 Å². The van der Waals surface area contributed by atoms with Crippen molar-refractivity contribution in [3.8, 4) is 0 Å². The van der Waals surface area contributed by atoms with Crippen LogP contribution in [0.2, 0.25) is 0 Å². The zero-order chi connectivity index (χ0) is 18.4. The average Bonchev–Trinajstić information content (AvgIpc) is 2.59. The van der Waals surface area contributed by atoms with Crippen LogP contribution in [0.1, 0.15) is 12.0 Å². The van der Waals surface area contributed by atoms with E-state index in [9.17, 15) is 27.7 Å². The van der Waals surface area contributed by atoms with Crippen LogP contribution in [-0.4, -0.2) is 25.1 Å². The number of rotatable bonds is 7. The van der Waals surface area contributed by atoms with E-state index in [0.29, 0.717) is 0 Å². The molecular formula is C16H14FNO6S. The lowest BCUT2D eigenvalue weighted by atomic mass is 10.2. The molecule has 0 saturated carbocycles. The lowest BCUT2D eigenvalue weighted by Gasteiger charge is -2.07. The molecule has 0 heterocycles. The van der Waals surface area contributed by atoms with Gasteiger partial charge in [-0.25, -0.2) is 12.8 Å². The molecule has 0 aliphatic heterocycles. The van der Waals surface area contributed by atoms with Gasteiger partial charge in [0, 0.05) is 6.07 Å². The highest BCUT2D eigenvalue weighted by atomic mass is 32.2. The maximum absolute atomic E-state index is 12.8. The molecule has 2 aromatic carbocycles. The van der Waals surface area contributed by atoms with Crippen LogP contribution >= 0.6 is 0 Å². The molecule has 0 aromatic heterocycles. The van der Waals surface area contributed by atoms with E-state index in [-0.39, 0.29) is 22.8 Å². The Balaban J connectivity index is 1.93. The van der Waals surface area contributed by atoms with Crippen molar-refractivity contribution in [1.29, 1.82) is 0 Å². The Morgan fingerprint density at radius 2 is 1.76 bits per heavy atom. The molecule has 0 unspecified atom stereocenters. The van der Waals surface area contributed by atoms with Gasteiger partial charge in [-0.2, -0.15) is 0 Å². The third kappa shape index (κ3) is 5.08. The van der Waals surface area contributed by atoms with E-state index in [1.807, 2.05) is 0 Å². The first-order valence-electron chi connectivity index (χ1n) is 7.16. The van der Waals surface area contributed by atoms with E-state index in [0.717, 1.165) is 24.3 Å². The van der Waals surface area contributed by atoms with Gasteiger partial charge in [0.05, 0.1) is 27.6 Å². The number of hydrogen-bond acceptors (Lipinski definition) is 6. The van der Waals surface area contributed by atoms with Gasteiger partial charge in [0.2, 0.25) is 0 Å². The maximum atomic E-state index is 12.8. The number of sulfone groups is 1. The monoisotopic (exact) mass is 367 g/mol. The van der Waals surface area contributed by atoms with E-state index < -0.39 is 38.7 Å². The lowest BCUT2D eigenvalue weighted by molar-refractivity contribution is -0.385. The predicted molar refractivity (Wildman–Crippen MR) is 86.0 cm³/mol. The van der Waals surface area contributed by atoms with Crippen molar-refractivity contribution in [2.24, 2.45) is 0 Å². The highest BCUT2D eigenvalue weighted by Gasteiger charge is 2.18. The quantitative estimate of drug-likeness (QED) is 0.322. The van der Waals surface area contributed by atoms with Gasteiger partial charge in [-0.1, -0.05) is 12.1 Å². The molecule has 0 aliphatic rings. The van der Waals surface area contributed by atoms with Crippen LogP contribution in [-0.2, 0) is 26.0 Å². The third-order valence-electron chi connectivity index (χ3n) is 3.32. The predicted octanol–water partition coefficient (Wildman–Crippen LogP) is 2.64. The number of benzene rings is 2. The highest BCUT2D eigenvalue weighted by Crippen LogP contribution is 2.19. The van der Waals surface area contributed by atoms with Gasteiger partial charge in [0.25, 0.3) is 5.69 Å². The number of esters is 1.